The molecule has 0 aliphatic heterocycles. The molecular formula is C17H16ClN3. The van der Waals surface area contributed by atoms with Gasteiger partial charge in [-0.1, -0.05) is 35.9 Å². The molecule has 3 rings (SSSR count). The molecule has 0 bridgehead atoms. The summed E-state index contributed by atoms with van der Waals surface area (Å²) >= 11 is 6.09. The van der Waals surface area contributed by atoms with Gasteiger partial charge in [0.15, 0.2) is 0 Å². The minimum absolute atomic E-state index is 0.0782. The van der Waals surface area contributed by atoms with Crippen LogP contribution in [0, 0.1) is 6.92 Å². The van der Waals surface area contributed by atoms with Gasteiger partial charge in [-0.05, 0) is 47.9 Å². The van der Waals surface area contributed by atoms with Crippen LogP contribution < -0.4 is 11.3 Å². The summed E-state index contributed by atoms with van der Waals surface area (Å²) in [5, 5.41) is 1.86. The van der Waals surface area contributed by atoms with Crippen molar-refractivity contribution in [2.45, 2.75) is 13.0 Å². The molecule has 3 nitrogen and oxygen atoms in total. The summed E-state index contributed by atoms with van der Waals surface area (Å²) < 4.78 is 0. The van der Waals surface area contributed by atoms with Crippen molar-refractivity contribution < 1.29 is 0 Å². The van der Waals surface area contributed by atoms with Crippen molar-refractivity contribution in [2.75, 3.05) is 0 Å². The lowest BCUT2D eigenvalue weighted by Gasteiger charge is -2.18. The van der Waals surface area contributed by atoms with E-state index >= 15 is 0 Å². The van der Waals surface area contributed by atoms with Crippen LogP contribution in [0.3, 0.4) is 0 Å². The Kier molecular flexibility index (Phi) is 3.88. The van der Waals surface area contributed by atoms with E-state index in [2.05, 4.69) is 22.5 Å². The number of pyridine rings is 1. The Bertz CT molecular complexity index is 786. The highest BCUT2D eigenvalue weighted by atomic mass is 35.5. The van der Waals surface area contributed by atoms with Gasteiger partial charge in [0.25, 0.3) is 0 Å². The van der Waals surface area contributed by atoms with Gasteiger partial charge in [-0.2, -0.15) is 0 Å². The SMILES string of the molecule is Cc1cc(C(NN)c2ccc3ncccc3c2)ccc1Cl. The Balaban J connectivity index is 2.06. The molecule has 0 spiro atoms. The summed E-state index contributed by atoms with van der Waals surface area (Å²) in [7, 11) is 0. The van der Waals surface area contributed by atoms with Crippen molar-refractivity contribution in [2.24, 2.45) is 5.84 Å². The molecule has 2 aromatic carbocycles. The van der Waals surface area contributed by atoms with Crippen LogP contribution in [0.5, 0.6) is 0 Å². The van der Waals surface area contributed by atoms with Gasteiger partial charge in [0, 0.05) is 16.6 Å². The monoisotopic (exact) mass is 297 g/mol. The highest BCUT2D eigenvalue weighted by molar-refractivity contribution is 6.31. The van der Waals surface area contributed by atoms with Gasteiger partial charge in [-0.3, -0.25) is 10.8 Å². The average Bonchev–Trinajstić information content (AvgIpc) is 2.51. The predicted molar refractivity (Wildman–Crippen MR) is 87.1 cm³/mol. The van der Waals surface area contributed by atoms with Gasteiger partial charge in [0.2, 0.25) is 0 Å². The number of aromatic nitrogens is 1. The first kappa shape index (κ1) is 14.0. The van der Waals surface area contributed by atoms with Gasteiger partial charge in [0.1, 0.15) is 0 Å². The van der Waals surface area contributed by atoms with E-state index in [1.807, 2.05) is 43.3 Å². The number of aryl methyl sites for hydroxylation is 1. The first-order valence-electron chi connectivity index (χ1n) is 6.76. The second-order valence-electron chi connectivity index (χ2n) is 5.06. The topological polar surface area (TPSA) is 50.9 Å². The number of nitrogens with zero attached hydrogens (tertiary/aromatic N) is 1. The third-order valence-corrected chi connectivity index (χ3v) is 4.07. The number of rotatable bonds is 3. The summed E-state index contributed by atoms with van der Waals surface area (Å²) in [4.78, 5) is 4.34. The number of fused-ring (bicyclic) bond motifs is 1. The van der Waals surface area contributed by atoms with Crippen LogP contribution in [0.2, 0.25) is 5.02 Å². The van der Waals surface area contributed by atoms with Crippen molar-refractivity contribution in [1.29, 1.82) is 0 Å². The maximum Gasteiger partial charge on any atom is 0.0710 e. The van der Waals surface area contributed by atoms with Crippen LogP contribution in [-0.2, 0) is 0 Å². The van der Waals surface area contributed by atoms with E-state index in [4.69, 9.17) is 17.4 Å². The molecule has 0 fully saturated rings. The number of hydrazine groups is 1. The van der Waals surface area contributed by atoms with E-state index in [1.165, 1.54) is 0 Å². The maximum absolute atomic E-state index is 6.09. The Morgan fingerprint density at radius 2 is 1.86 bits per heavy atom. The quantitative estimate of drug-likeness (QED) is 0.572. The van der Waals surface area contributed by atoms with Crippen LogP contribution in [-0.4, -0.2) is 4.98 Å². The van der Waals surface area contributed by atoms with Crippen LogP contribution >= 0.6 is 11.6 Å². The van der Waals surface area contributed by atoms with Crippen molar-refractivity contribution in [3.05, 3.63) is 76.4 Å². The van der Waals surface area contributed by atoms with E-state index in [0.29, 0.717) is 0 Å². The molecule has 0 aliphatic carbocycles. The van der Waals surface area contributed by atoms with Crippen LogP contribution in [0.25, 0.3) is 10.9 Å². The predicted octanol–water partition coefficient (Wildman–Crippen LogP) is 3.75. The fourth-order valence-electron chi connectivity index (χ4n) is 2.51. The molecule has 0 aliphatic rings. The van der Waals surface area contributed by atoms with Crippen molar-refractivity contribution in [3.8, 4) is 0 Å². The summed E-state index contributed by atoms with van der Waals surface area (Å²) in [6, 6.07) is 16.0. The molecule has 0 saturated carbocycles. The first-order chi connectivity index (χ1) is 10.2. The molecule has 4 heteroatoms. The number of hydrogen-bond acceptors (Lipinski definition) is 3. The van der Waals surface area contributed by atoms with E-state index < -0.39 is 0 Å². The number of nitrogens with one attached hydrogen (secondary N) is 1. The van der Waals surface area contributed by atoms with E-state index in [-0.39, 0.29) is 6.04 Å². The molecule has 1 unspecified atom stereocenters. The summed E-state index contributed by atoms with van der Waals surface area (Å²) in [6.07, 6.45) is 1.79. The molecule has 0 radical (unpaired) electrons. The zero-order valence-electron chi connectivity index (χ0n) is 11.7. The maximum atomic E-state index is 6.09. The molecule has 0 saturated heterocycles. The molecule has 0 amide bonds. The zero-order valence-corrected chi connectivity index (χ0v) is 12.4. The molecule has 106 valence electrons. The van der Waals surface area contributed by atoms with Crippen molar-refractivity contribution >= 4 is 22.5 Å². The van der Waals surface area contributed by atoms with Gasteiger partial charge < -0.3 is 0 Å². The van der Waals surface area contributed by atoms with Crippen LogP contribution in [0.4, 0.5) is 0 Å². The zero-order chi connectivity index (χ0) is 14.8. The largest absolute Gasteiger partial charge is 0.271 e. The molecule has 3 N–H and O–H groups in total. The summed E-state index contributed by atoms with van der Waals surface area (Å²) in [6.45, 7) is 1.99. The fraction of sp³-hybridized carbons (Fsp3) is 0.118. The van der Waals surface area contributed by atoms with E-state index in [1.54, 1.807) is 6.20 Å². The summed E-state index contributed by atoms with van der Waals surface area (Å²) in [5.74, 6) is 5.77. The molecule has 1 heterocycles. The minimum Gasteiger partial charge on any atom is -0.271 e. The standard InChI is InChI=1S/C17H16ClN3/c1-11-9-13(4-6-15(11)18)17(21-19)14-5-7-16-12(10-14)3-2-8-20-16/h2-10,17,21H,19H2,1H3. The van der Waals surface area contributed by atoms with Crippen LogP contribution in [0.15, 0.2) is 54.7 Å². The smallest absolute Gasteiger partial charge is 0.0710 e. The van der Waals surface area contributed by atoms with E-state index in [0.717, 1.165) is 32.6 Å². The molecule has 1 atom stereocenters. The number of benzene rings is 2. The molecule has 1 aromatic heterocycles. The number of nitrogens with two attached hydrogens (primary N) is 1. The lowest BCUT2D eigenvalue weighted by atomic mass is 9.96. The van der Waals surface area contributed by atoms with Crippen molar-refractivity contribution in [1.82, 2.24) is 10.4 Å². The van der Waals surface area contributed by atoms with Gasteiger partial charge >= 0.3 is 0 Å². The second kappa shape index (κ2) is 5.82. The van der Waals surface area contributed by atoms with Gasteiger partial charge in [-0.25, -0.2) is 5.43 Å². The lowest BCUT2D eigenvalue weighted by Crippen LogP contribution is -2.28. The highest BCUT2D eigenvalue weighted by Crippen LogP contribution is 2.27. The molecule has 21 heavy (non-hydrogen) atoms. The number of halogens is 1. The fourth-order valence-corrected chi connectivity index (χ4v) is 2.62. The Morgan fingerprint density at radius 1 is 1.10 bits per heavy atom. The first-order valence-corrected chi connectivity index (χ1v) is 7.13. The van der Waals surface area contributed by atoms with Crippen LogP contribution in [0.1, 0.15) is 22.7 Å². The van der Waals surface area contributed by atoms with Gasteiger partial charge in [0.05, 0.1) is 11.6 Å². The normalized spacial score (nSPS) is 12.5. The third kappa shape index (κ3) is 2.76. The summed E-state index contributed by atoms with van der Waals surface area (Å²) in [5.41, 5.74) is 7.08. The molecular weight excluding hydrogens is 282 g/mol. The Labute approximate surface area is 128 Å². The molecule has 3 aromatic rings. The minimum atomic E-state index is -0.0782. The Morgan fingerprint density at radius 3 is 2.62 bits per heavy atom. The highest BCUT2D eigenvalue weighted by Gasteiger charge is 2.13. The van der Waals surface area contributed by atoms with Gasteiger partial charge in [-0.15, -0.1) is 0 Å². The van der Waals surface area contributed by atoms with E-state index in [9.17, 15) is 0 Å². The van der Waals surface area contributed by atoms with Crippen molar-refractivity contribution in [3.63, 3.8) is 0 Å². The lowest BCUT2D eigenvalue weighted by molar-refractivity contribution is 0.637. The Hall–Kier alpha value is -1.94. The third-order valence-electron chi connectivity index (χ3n) is 3.64. The number of hydrogen-bond donors (Lipinski definition) is 2. The second-order valence-corrected chi connectivity index (χ2v) is 5.47. The average molecular weight is 298 g/mol.